The van der Waals surface area contributed by atoms with Gasteiger partial charge in [0.1, 0.15) is 6.61 Å². The summed E-state index contributed by atoms with van der Waals surface area (Å²) in [6.07, 6.45) is 1.51. The molecular formula is C21H23NO5. The smallest absolute Gasteiger partial charge is 0.227 e. The number of amides is 1. The van der Waals surface area contributed by atoms with E-state index in [4.69, 9.17) is 18.9 Å². The fourth-order valence-electron chi connectivity index (χ4n) is 3.37. The molecule has 6 heteroatoms. The molecule has 2 aromatic carbocycles. The van der Waals surface area contributed by atoms with Crippen molar-refractivity contribution in [3.63, 3.8) is 0 Å². The van der Waals surface area contributed by atoms with Crippen LogP contribution in [0, 0.1) is 5.92 Å². The first-order valence-electron chi connectivity index (χ1n) is 9.19. The highest BCUT2D eigenvalue weighted by molar-refractivity contribution is 5.79. The van der Waals surface area contributed by atoms with Crippen molar-refractivity contribution in [3.8, 4) is 23.0 Å². The molecule has 2 aromatic rings. The number of nitrogens with one attached hydrogen (secondary N) is 1. The zero-order valence-electron chi connectivity index (χ0n) is 15.3. The molecule has 0 aliphatic carbocycles. The lowest BCUT2D eigenvalue weighted by Gasteiger charge is -2.25. The predicted molar refractivity (Wildman–Crippen MR) is 99.6 cm³/mol. The normalized spacial score (nSPS) is 17.9. The van der Waals surface area contributed by atoms with E-state index in [0.717, 1.165) is 34.8 Å². The average molecular weight is 369 g/mol. The van der Waals surface area contributed by atoms with E-state index in [1.54, 1.807) is 7.11 Å². The van der Waals surface area contributed by atoms with Crippen molar-refractivity contribution in [2.24, 2.45) is 5.92 Å². The molecule has 27 heavy (non-hydrogen) atoms. The Morgan fingerprint density at radius 2 is 2.00 bits per heavy atom. The number of rotatable bonds is 4. The largest absolute Gasteiger partial charge is 0.493 e. The third kappa shape index (κ3) is 3.79. The van der Waals surface area contributed by atoms with Gasteiger partial charge in [-0.25, -0.2) is 0 Å². The second-order valence-electron chi connectivity index (χ2n) is 6.71. The highest BCUT2D eigenvalue weighted by Crippen LogP contribution is 2.36. The Balaban J connectivity index is 1.38. The molecule has 0 radical (unpaired) electrons. The molecule has 1 N–H and O–H groups in total. The Morgan fingerprint density at radius 1 is 1.15 bits per heavy atom. The van der Waals surface area contributed by atoms with Gasteiger partial charge >= 0.3 is 0 Å². The van der Waals surface area contributed by atoms with Crippen LogP contribution in [0.15, 0.2) is 36.4 Å². The fourth-order valence-corrected chi connectivity index (χ4v) is 3.37. The lowest BCUT2D eigenvalue weighted by atomic mass is 9.95. The first-order chi connectivity index (χ1) is 13.2. The average Bonchev–Trinajstić information content (AvgIpc) is 2.96. The number of ether oxygens (including phenoxy) is 4. The SMILES string of the molecule is COc1cccc2c1OC[C@@H](C(=O)NCc1ccc3c(c1)OCCCO3)C2. The van der Waals surface area contributed by atoms with Gasteiger partial charge in [-0.3, -0.25) is 4.79 Å². The van der Waals surface area contributed by atoms with E-state index in [2.05, 4.69) is 5.32 Å². The van der Waals surface area contributed by atoms with Crippen LogP contribution in [-0.2, 0) is 17.8 Å². The summed E-state index contributed by atoms with van der Waals surface area (Å²) in [4.78, 5) is 12.6. The standard InChI is InChI=1S/C21H23NO5/c1-24-18-5-2-4-15-11-16(13-27-20(15)18)21(23)22-12-14-6-7-17-19(10-14)26-9-3-8-25-17/h2,4-7,10,16H,3,8-9,11-13H2,1H3,(H,22,23)/t16-/m0/s1. The molecule has 0 saturated heterocycles. The molecule has 0 bridgehead atoms. The molecule has 1 atom stereocenters. The Kier molecular flexibility index (Phi) is 5.05. The van der Waals surface area contributed by atoms with Crippen LogP contribution in [0.3, 0.4) is 0 Å². The van der Waals surface area contributed by atoms with E-state index in [1.807, 2.05) is 36.4 Å². The van der Waals surface area contributed by atoms with Crippen LogP contribution < -0.4 is 24.3 Å². The summed E-state index contributed by atoms with van der Waals surface area (Å²) < 4.78 is 22.5. The first kappa shape index (κ1) is 17.5. The molecule has 1 amide bonds. The number of methoxy groups -OCH3 is 1. The quantitative estimate of drug-likeness (QED) is 0.898. The Morgan fingerprint density at radius 3 is 2.85 bits per heavy atom. The van der Waals surface area contributed by atoms with Gasteiger partial charge in [0.25, 0.3) is 0 Å². The van der Waals surface area contributed by atoms with Crippen LogP contribution >= 0.6 is 0 Å². The van der Waals surface area contributed by atoms with E-state index >= 15 is 0 Å². The third-order valence-corrected chi connectivity index (χ3v) is 4.82. The van der Waals surface area contributed by atoms with E-state index in [-0.39, 0.29) is 11.8 Å². The first-order valence-corrected chi connectivity index (χ1v) is 9.19. The van der Waals surface area contributed by atoms with Gasteiger partial charge in [-0.15, -0.1) is 0 Å². The van der Waals surface area contributed by atoms with Gasteiger partial charge in [-0.1, -0.05) is 18.2 Å². The molecule has 2 aliphatic rings. The Bertz CT molecular complexity index is 835. The number of hydrogen-bond acceptors (Lipinski definition) is 5. The third-order valence-electron chi connectivity index (χ3n) is 4.82. The second kappa shape index (κ2) is 7.78. The van der Waals surface area contributed by atoms with Crippen LogP contribution in [0.4, 0.5) is 0 Å². The summed E-state index contributed by atoms with van der Waals surface area (Å²) in [5, 5.41) is 3.00. The van der Waals surface area contributed by atoms with Crippen molar-refractivity contribution in [1.29, 1.82) is 0 Å². The lowest BCUT2D eigenvalue weighted by Crippen LogP contribution is -2.37. The molecule has 0 saturated carbocycles. The number of carbonyl (C=O) groups is 1. The highest BCUT2D eigenvalue weighted by Gasteiger charge is 2.27. The topological polar surface area (TPSA) is 66.0 Å². The summed E-state index contributed by atoms with van der Waals surface area (Å²) in [7, 11) is 1.62. The van der Waals surface area contributed by atoms with E-state index in [1.165, 1.54) is 0 Å². The van der Waals surface area contributed by atoms with Crippen LogP contribution in [0.25, 0.3) is 0 Å². The lowest BCUT2D eigenvalue weighted by molar-refractivity contribution is -0.126. The molecule has 142 valence electrons. The second-order valence-corrected chi connectivity index (χ2v) is 6.71. The van der Waals surface area contributed by atoms with Gasteiger partial charge < -0.3 is 24.3 Å². The minimum atomic E-state index is -0.218. The maximum Gasteiger partial charge on any atom is 0.227 e. The Labute approximate surface area is 158 Å². The molecule has 4 rings (SSSR count). The highest BCUT2D eigenvalue weighted by atomic mass is 16.5. The van der Waals surface area contributed by atoms with Crippen LogP contribution in [-0.4, -0.2) is 32.8 Å². The van der Waals surface area contributed by atoms with Crippen LogP contribution in [0.2, 0.25) is 0 Å². The monoisotopic (exact) mass is 369 g/mol. The van der Waals surface area contributed by atoms with Crippen molar-refractivity contribution < 1.29 is 23.7 Å². The van der Waals surface area contributed by atoms with Gasteiger partial charge in [0.05, 0.1) is 26.2 Å². The molecule has 0 unspecified atom stereocenters. The van der Waals surface area contributed by atoms with E-state index < -0.39 is 0 Å². The minimum Gasteiger partial charge on any atom is -0.493 e. The molecule has 6 nitrogen and oxygen atoms in total. The van der Waals surface area contributed by atoms with Gasteiger partial charge in [-0.2, -0.15) is 0 Å². The Hall–Kier alpha value is -2.89. The predicted octanol–water partition coefficient (Wildman–Crippen LogP) is 2.72. The van der Waals surface area contributed by atoms with Crippen molar-refractivity contribution in [2.45, 2.75) is 19.4 Å². The summed E-state index contributed by atoms with van der Waals surface area (Å²) in [6.45, 7) is 2.10. The van der Waals surface area contributed by atoms with Crippen LogP contribution in [0.1, 0.15) is 17.5 Å². The minimum absolute atomic E-state index is 0.0180. The molecular weight excluding hydrogens is 346 g/mol. The summed E-state index contributed by atoms with van der Waals surface area (Å²) in [5.41, 5.74) is 1.97. The summed E-state index contributed by atoms with van der Waals surface area (Å²) in [5.74, 6) is 2.71. The summed E-state index contributed by atoms with van der Waals surface area (Å²) >= 11 is 0. The number of benzene rings is 2. The number of carbonyl (C=O) groups excluding carboxylic acids is 1. The van der Waals surface area contributed by atoms with E-state index in [0.29, 0.717) is 38.5 Å². The molecule has 0 spiro atoms. The number of fused-ring (bicyclic) bond motifs is 2. The van der Waals surface area contributed by atoms with Gasteiger partial charge in [0.15, 0.2) is 23.0 Å². The zero-order chi connectivity index (χ0) is 18.6. The summed E-state index contributed by atoms with van der Waals surface area (Å²) in [6, 6.07) is 11.5. The maximum atomic E-state index is 12.6. The maximum absolute atomic E-state index is 12.6. The van der Waals surface area contributed by atoms with Gasteiger partial charge in [0.2, 0.25) is 5.91 Å². The van der Waals surface area contributed by atoms with E-state index in [9.17, 15) is 4.79 Å². The molecule has 0 aromatic heterocycles. The van der Waals surface area contributed by atoms with Gasteiger partial charge in [0, 0.05) is 13.0 Å². The fraction of sp³-hybridized carbons (Fsp3) is 0.381. The molecule has 2 aliphatic heterocycles. The number of para-hydroxylation sites is 1. The van der Waals surface area contributed by atoms with Gasteiger partial charge in [-0.05, 0) is 35.7 Å². The number of hydrogen-bond donors (Lipinski definition) is 1. The van der Waals surface area contributed by atoms with Crippen molar-refractivity contribution in [3.05, 3.63) is 47.5 Å². The van der Waals surface area contributed by atoms with Crippen LogP contribution in [0.5, 0.6) is 23.0 Å². The zero-order valence-corrected chi connectivity index (χ0v) is 15.3. The molecule has 0 fully saturated rings. The van der Waals surface area contributed by atoms with Crippen molar-refractivity contribution >= 4 is 5.91 Å². The van der Waals surface area contributed by atoms with Crippen molar-refractivity contribution in [2.75, 3.05) is 26.9 Å². The molecule has 2 heterocycles. The van der Waals surface area contributed by atoms with Crippen molar-refractivity contribution in [1.82, 2.24) is 5.32 Å².